The van der Waals surface area contributed by atoms with E-state index in [0.717, 1.165) is 78.8 Å². The van der Waals surface area contributed by atoms with Crippen molar-refractivity contribution in [2.45, 2.75) is 19.6 Å². The van der Waals surface area contributed by atoms with Gasteiger partial charge in [0.1, 0.15) is 8.07 Å². The Balaban J connectivity index is 0.721. The summed E-state index contributed by atoms with van der Waals surface area (Å²) in [6.45, 7) is 6.89. The Hall–Kier alpha value is -13.3. The molecule has 21 aromatic rings. The fraction of sp³-hybridized carbons (Fsp3) is 0.0316. The minimum absolute atomic E-state index is 1.01. The Kier molecular flexibility index (Phi) is 12.9. The van der Waals surface area contributed by atoms with Crippen LogP contribution in [0.2, 0.25) is 19.6 Å². The SMILES string of the molecule is C[Si](C)(C)C#Cc1ccc(N(c2ccc(-n3c4ccc(-n5c6ccccc6c6ccccc65)cc4c4cc(-n5c6ccccc6c6ccccc65)ccc43)cc2)c2ccc(-n3c4ccc(-n5c6ccccc6c6ccccc65)cc4c4cc(-n5c6ccccc6c6ccccc65)ccc43)cc2)cc1. The zero-order valence-electron chi connectivity index (χ0n) is 57.0. The molecule has 6 aromatic heterocycles. The summed E-state index contributed by atoms with van der Waals surface area (Å²) in [5.41, 5.74) is 28.3. The van der Waals surface area contributed by atoms with Crippen LogP contribution < -0.4 is 4.90 Å². The number of rotatable bonds is 9. The Labute approximate surface area is 595 Å². The van der Waals surface area contributed by atoms with E-state index in [2.05, 4.69) is 403 Å². The fourth-order valence-electron chi connectivity index (χ4n) is 16.8. The lowest BCUT2D eigenvalue weighted by Gasteiger charge is -2.26. The van der Waals surface area contributed by atoms with Crippen molar-refractivity contribution in [2.75, 3.05) is 4.90 Å². The average molecular weight is 1330 g/mol. The zero-order chi connectivity index (χ0) is 68.2. The van der Waals surface area contributed by atoms with Gasteiger partial charge in [0, 0.05) is 121 Å². The van der Waals surface area contributed by atoms with Crippen LogP contribution in [-0.2, 0) is 0 Å². The number of nitrogens with zero attached hydrogens (tertiary/aromatic N) is 7. The lowest BCUT2D eigenvalue weighted by molar-refractivity contribution is 1.15. The molecule has 0 atom stereocenters. The van der Waals surface area contributed by atoms with Gasteiger partial charge in [0.05, 0.1) is 66.2 Å². The van der Waals surface area contributed by atoms with Gasteiger partial charge >= 0.3 is 0 Å². The van der Waals surface area contributed by atoms with Gasteiger partial charge in [-0.3, -0.25) is 0 Å². The van der Waals surface area contributed by atoms with E-state index < -0.39 is 8.07 Å². The summed E-state index contributed by atoms with van der Waals surface area (Å²) in [6, 6.07) is 126. The first kappa shape index (κ1) is 58.6. The number of fused-ring (bicyclic) bond motifs is 18. The number of hydrogen-bond acceptors (Lipinski definition) is 1. The van der Waals surface area contributed by atoms with E-state index in [0.29, 0.717) is 0 Å². The first-order valence-corrected chi connectivity index (χ1v) is 39.0. The second-order valence-corrected chi connectivity index (χ2v) is 33.1. The van der Waals surface area contributed by atoms with Crippen LogP contribution in [0.3, 0.4) is 0 Å². The molecule has 0 amide bonds. The van der Waals surface area contributed by atoms with Crippen molar-refractivity contribution in [3.05, 3.63) is 345 Å². The standard InChI is InChI=1S/C95H65N7Si/c1-103(2,3)57-56-62-36-38-63(39-37-62)96(64-40-44-66(45-41-64)97-92-52-48-68(99-84-28-12-4-20-72(84)73-21-5-13-29-85(73)99)58-80(92)81-59-69(49-53-93(81)97)100-86-30-14-6-22-74(86)75-23-7-15-31-87(75)100)65-42-46-67(47-43-65)98-94-54-50-70(101-88-32-16-8-24-76(88)77-25-9-17-33-89(77)101)60-82(94)83-61-71(51-55-95(83)98)102-90-34-18-10-26-78(90)79-27-11-19-35-91(79)102/h4-55,58-61H,1-3H3. The molecular formula is C95H65N7Si. The molecule has 0 spiro atoms. The maximum atomic E-state index is 3.60. The summed E-state index contributed by atoms with van der Waals surface area (Å²) in [5, 5.41) is 14.6. The van der Waals surface area contributed by atoms with Crippen molar-refractivity contribution < 1.29 is 0 Å². The van der Waals surface area contributed by atoms with Crippen LogP contribution in [0.15, 0.2) is 340 Å². The van der Waals surface area contributed by atoms with Crippen molar-refractivity contribution >= 4 is 156 Å². The Morgan fingerprint density at radius 2 is 0.398 bits per heavy atom. The van der Waals surface area contributed by atoms with E-state index >= 15 is 0 Å². The highest BCUT2D eigenvalue weighted by Crippen LogP contribution is 2.45. The molecule has 0 aliphatic heterocycles. The summed E-state index contributed by atoms with van der Waals surface area (Å²) >= 11 is 0. The van der Waals surface area contributed by atoms with Crippen LogP contribution >= 0.6 is 0 Å². The summed E-state index contributed by atoms with van der Waals surface area (Å²) in [7, 11) is -1.63. The van der Waals surface area contributed by atoms with Crippen LogP contribution in [0.25, 0.3) is 165 Å². The van der Waals surface area contributed by atoms with Gasteiger partial charge in [-0.15, -0.1) is 5.54 Å². The molecule has 6 heterocycles. The van der Waals surface area contributed by atoms with Crippen LogP contribution in [0.5, 0.6) is 0 Å². The van der Waals surface area contributed by atoms with Gasteiger partial charge in [0.25, 0.3) is 0 Å². The molecule has 0 aliphatic rings. The van der Waals surface area contributed by atoms with Gasteiger partial charge in [-0.05, 0) is 194 Å². The molecule has 21 rings (SSSR count). The van der Waals surface area contributed by atoms with E-state index in [1.54, 1.807) is 0 Å². The van der Waals surface area contributed by atoms with Crippen LogP contribution in [0.1, 0.15) is 5.56 Å². The van der Waals surface area contributed by atoms with Crippen molar-refractivity contribution in [2.24, 2.45) is 0 Å². The second kappa shape index (κ2) is 22.6. The summed E-state index contributed by atoms with van der Waals surface area (Å²) < 4.78 is 14.6. The highest BCUT2D eigenvalue weighted by atomic mass is 28.3. The van der Waals surface area contributed by atoms with Gasteiger partial charge in [0.2, 0.25) is 0 Å². The normalized spacial score (nSPS) is 12.1. The first-order chi connectivity index (χ1) is 50.7. The molecule has 8 heteroatoms. The molecule has 0 aliphatic carbocycles. The Morgan fingerprint density at radius 3 is 0.631 bits per heavy atom. The molecule has 0 saturated heterocycles. The molecule has 0 unspecified atom stereocenters. The van der Waals surface area contributed by atoms with Gasteiger partial charge in [0.15, 0.2) is 0 Å². The van der Waals surface area contributed by atoms with Crippen molar-refractivity contribution in [1.29, 1.82) is 0 Å². The lowest BCUT2D eigenvalue weighted by Crippen LogP contribution is -2.16. The zero-order valence-corrected chi connectivity index (χ0v) is 58.0. The van der Waals surface area contributed by atoms with Crippen molar-refractivity contribution in [3.8, 4) is 45.6 Å². The molecule has 0 N–H and O–H groups in total. The minimum Gasteiger partial charge on any atom is -0.311 e. The molecule has 484 valence electrons. The Bertz CT molecular complexity index is 6210. The molecule has 7 nitrogen and oxygen atoms in total. The third-order valence-electron chi connectivity index (χ3n) is 21.3. The molecule has 0 bridgehead atoms. The third kappa shape index (κ3) is 9.09. The number of hydrogen-bond donors (Lipinski definition) is 0. The number of anilines is 3. The van der Waals surface area contributed by atoms with Crippen LogP contribution in [0.4, 0.5) is 17.1 Å². The van der Waals surface area contributed by atoms with E-state index in [4.69, 9.17) is 0 Å². The molecule has 103 heavy (non-hydrogen) atoms. The van der Waals surface area contributed by atoms with Gasteiger partial charge in [-0.2, -0.15) is 0 Å². The van der Waals surface area contributed by atoms with Crippen LogP contribution in [0, 0.1) is 11.5 Å². The van der Waals surface area contributed by atoms with Gasteiger partial charge in [-0.1, -0.05) is 171 Å². The monoisotopic (exact) mass is 1330 g/mol. The number of benzene rings is 15. The maximum Gasteiger partial charge on any atom is 0.129 e. The van der Waals surface area contributed by atoms with Crippen LogP contribution in [-0.4, -0.2) is 35.5 Å². The van der Waals surface area contributed by atoms with Crippen molar-refractivity contribution in [3.63, 3.8) is 0 Å². The summed E-state index contributed by atoms with van der Waals surface area (Å²) in [4.78, 5) is 2.38. The third-order valence-corrected chi connectivity index (χ3v) is 22.1. The van der Waals surface area contributed by atoms with E-state index in [-0.39, 0.29) is 0 Å². The molecular weight excluding hydrogens is 1270 g/mol. The predicted octanol–water partition coefficient (Wildman–Crippen LogP) is 25.0. The van der Waals surface area contributed by atoms with Crippen molar-refractivity contribution in [1.82, 2.24) is 27.4 Å². The van der Waals surface area contributed by atoms with Gasteiger partial charge in [-0.25, -0.2) is 0 Å². The average Bonchev–Trinajstić information content (AvgIpc) is 1.55. The molecule has 0 radical (unpaired) electrons. The molecule has 0 fully saturated rings. The van der Waals surface area contributed by atoms with E-state index in [1.807, 2.05) is 0 Å². The summed E-state index contributed by atoms with van der Waals surface area (Å²) in [5.74, 6) is 3.52. The smallest absolute Gasteiger partial charge is 0.129 e. The van der Waals surface area contributed by atoms with E-state index in [1.165, 1.54) is 109 Å². The topological polar surface area (TPSA) is 32.8 Å². The van der Waals surface area contributed by atoms with E-state index in [9.17, 15) is 0 Å². The highest BCUT2D eigenvalue weighted by molar-refractivity contribution is 6.83. The van der Waals surface area contributed by atoms with Gasteiger partial charge < -0.3 is 32.3 Å². The lowest BCUT2D eigenvalue weighted by atomic mass is 10.1. The largest absolute Gasteiger partial charge is 0.311 e. The summed E-state index contributed by atoms with van der Waals surface area (Å²) in [6.07, 6.45) is 0. The maximum absolute atomic E-state index is 3.60. The number of aromatic nitrogens is 6. The number of para-hydroxylation sites is 8. The first-order valence-electron chi connectivity index (χ1n) is 35.5. The second-order valence-electron chi connectivity index (χ2n) is 28.4. The molecule has 0 saturated carbocycles. The Morgan fingerprint density at radius 1 is 0.204 bits per heavy atom. The predicted molar refractivity (Wildman–Crippen MR) is 437 cm³/mol. The highest BCUT2D eigenvalue weighted by Gasteiger charge is 2.24. The quantitative estimate of drug-likeness (QED) is 0.105. The molecule has 15 aromatic carbocycles. The minimum atomic E-state index is -1.63. The fourth-order valence-corrected chi connectivity index (χ4v) is 17.3.